The lowest BCUT2D eigenvalue weighted by molar-refractivity contribution is 0.110. The van der Waals surface area contributed by atoms with Crippen LogP contribution in [0, 0.1) is 0 Å². The van der Waals surface area contributed by atoms with Gasteiger partial charge in [-0.2, -0.15) is 0 Å². The Balaban J connectivity index is 2.60. The van der Waals surface area contributed by atoms with Crippen molar-refractivity contribution < 1.29 is 13.7 Å². The third kappa shape index (κ3) is 0.807. The first-order valence-electron chi connectivity index (χ1n) is 3.78. The van der Waals surface area contributed by atoms with Crippen LogP contribution >= 0.6 is 0 Å². The van der Waals surface area contributed by atoms with E-state index in [-0.39, 0.29) is 5.69 Å². The maximum absolute atomic E-state index is 13.6. The number of hydrogen-bond donors (Lipinski definition) is 0. The summed E-state index contributed by atoms with van der Waals surface area (Å²) in [6.45, 7) is 1.45. The van der Waals surface area contributed by atoms with E-state index in [1.165, 1.54) is 6.92 Å². The Hall–Kier alpha value is -1.19. The lowest BCUT2D eigenvalue weighted by Crippen LogP contribution is -2.11. The third-order valence-corrected chi connectivity index (χ3v) is 2.24. The van der Waals surface area contributed by atoms with E-state index in [1.54, 1.807) is 0 Å². The molecule has 1 aliphatic carbocycles. The second-order valence-electron chi connectivity index (χ2n) is 3.18. The van der Waals surface area contributed by atoms with Gasteiger partial charge in [-0.25, -0.2) is 4.39 Å². The van der Waals surface area contributed by atoms with E-state index in [4.69, 9.17) is 4.52 Å². The van der Waals surface area contributed by atoms with E-state index in [2.05, 4.69) is 5.16 Å². The first-order valence-corrected chi connectivity index (χ1v) is 3.78. The van der Waals surface area contributed by atoms with Crippen molar-refractivity contribution in [2.75, 3.05) is 0 Å². The molecule has 1 aliphatic rings. The lowest BCUT2D eigenvalue weighted by atomic mass is 10.0. The van der Waals surface area contributed by atoms with Gasteiger partial charge in [0.1, 0.15) is 11.4 Å². The van der Waals surface area contributed by atoms with Crippen LogP contribution in [0.1, 0.15) is 35.2 Å². The van der Waals surface area contributed by atoms with Crippen LogP contribution in [0.2, 0.25) is 0 Å². The van der Waals surface area contributed by atoms with Crippen molar-refractivity contribution in [3.63, 3.8) is 0 Å². The summed E-state index contributed by atoms with van der Waals surface area (Å²) in [7, 11) is 0. The zero-order valence-electron chi connectivity index (χ0n) is 6.63. The highest BCUT2D eigenvalue weighted by Gasteiger charge is 2.40. The summed E-state index contributed by atoms with van der Waals surface area (Å²) in [4.78, 5) is 10.4. The Morgan fingerprint density at radius 2 is 2.50 bits per heavy atom. The first-order chi connectivity index (χ1) is 5.65. The Morgan fingerprint density at radius 3 is 3.17 bits per heavy atom. The van der Waals surface area contributed by atoms with Crippen molar-refractivity contribution in [1.82, 2.24) is 5.16 Å². The Labute approximate surface area is 68.5 Å². The molecule has 1 aromatic rings. The molecule has 1 aromatic heterocycles. The average Bonchev–Trinajstić information content (AvgIpc) is 2.53. The standard InChI is InChI=1S/C8H8FNO2/c1-8(9)3-2-6-7(8)5(4-11)10-12-6/h4H,2-3H2,1H3. The molecule has 0 amide bonds. The molecule has 4 heteroatoms. The van der Waals surface area contributed by atoms with Crippen LogP contribution in [-0.4, -0.2) is 11.4 Å². The zero-order valence-corrected chi connectivity index (χ0v) is 6.63. The van der Waals surface area contributed by atoms with Crippen LogP contribution in [0.3, 0.4) is 0 Å². The van der Waals surface area contributed by atoms with Crippen molar-refractivity contribution in [3.05, 3.63) is 17.0 Å². The Kier molecular flexibility index (Phi) is 1.34. The van der Waals surface area contributed by atoms with E-state index in [0.717, 1.165) is 0 Å². The summed E-state index contributed by atoms with van der Waals surface area (Å²) in [5.41, 5.74) is -0.990. The van der Waals surface area contributed by atoms with Gasteiger partial charge in [0.15, 0.2) is 12.0 Å². The highest BCUT2D eigenvalue weighted by molar-refractivity contribution is 5.75. The predicted octanol–water partition coefficient (Wildman–Crippen LogP) is 1.62. The van der Waals surface area contributed by atoms with Crippen LogP contribution in [-0.2, 0) is 12.1 Å². The summed E-state index contributed by atoms with van der Waals surface area (Å²) >= 11 is 0. The summed E-state index contributed by atoms with van der Waals surface area (Å²) < 4.78 is 18.4. The van der Waals surface area contributed by atoms with Gasteiger partial charge < -0.3 is 4.52 Å². The van der Waals surface area contributed by atoms with Crippen LogP contribution in [0.4, 0.5) is 4.39 Å². The normalized spacial score (nSPS) is 27.2. The van der Waals surface area contributed by atoms with Crippen molar-refractivity contribution in [1.29, 1.82) is 0 Å². The minimum Gasteiger partial charge on any atom is -0.360 e. The number of halogens is 1. The third-order valence-electron chi connectivity index (χ3n) is 2.24. The first kappa shape index (κ1) is 7.46. The molecule has 1 unspecified atom stereocenters. The summed E-state index contributed by atoms with van der Waals surface area (Å²) in [6.07, 6.45) is 1.44. The van der Waals surface area contributed by atoms with Gasteiger partial charge in [0.25, 0.3) is 0 Å². The number of hydrogen-bond acceptors (Lipinski definition) is 3. The molecule has 0 saturated heterocycles. The van der Waals surface area contributed by atoms with Gasteiger partial charge in [0.2, 0.25) is 0 Å². The Bertz CT molecular complexity index is 330. The molecule has 0 spiro atoms. The van der Waals surface area contributed by atoms with Crippen molar-refractivity contribution in [2.24, 2.45) is 0 Å². The van der Waals surface area contributed by atoms with Crippen LogP contribution in [0.15, 0.2) is 4.52 Å². The van der Waals surface area contributed by atoms with E-state index in [9.17, 15) is 9.18 Å². The molecule has 0 radical (unpaired) electrons. The largest absolute Gasteiger partial charge is 0.360 e. The molecule has 1 atom stereocenters. The molecule has 2 rings (SSSR count). The zero-order chi connectivity index (χ0) is 8.77. The van der Waals surface area contributed by atoms with Gasteiger partial charge in [0, 0.05) is 6.42 Å². The van der Waals surface area contributed by atoms with Gasteiger partial charge in [-0.3, -0.25) is 4.79 Å². The number of nitrogens with zero attached hydrogens (tertiary/aromatic N) is 1. The SMILES string of the molecule is CC1(F)CCc2onc(C=O)c21. The summed E-state index contributed by atoms with van der Waals surface area (Å²) in [6, 6.07) is 0. The molecule has 3 nitrogen and oxygen atoms in total. The quantitative estimate of drug-likeness (QED) is 0.600. The van der Waals surface area contributed by atoms with Crippen molar-refractivity contribution in [2.45, 2.75) is 25.4 Å². The fourth-order valence-corrected chi connectivity index (χ4v) is 1.62. The molecule has 12 heavy (non-hydrogen) atoms. The lowest BCUT2D eigenvalue weighted by Gasteiger charge is -2.11. The van der Waals surface area contributed by atoms with Gasteiger partial charge in [-0.05, 0) is 13.3 Å². The van der Waals surface area contributed by atoms with E-state index in [0.29, 0.717) is 30.5 Å². The molecule has 0 N–H and O–H groups in total. The fraction of sp³-hybridized carbons (Fsp3) is 0.500. The molecule has 1 heterocycles. The van der Waals surface area contributed by atoms with Crippen LogP contribution in [0.5, 0.6) is 0 Å². The molecule has 64 valence electrons. The topological polar surface area (TPSA) is 43.1 Å². The molecular weight excluding hydrogens is 161 g/mol. The van der Waals surface area contributed by atoms with Crippen molar-refractivity contribution in [3.8, 4) is 0 Å². The number of alkyl halides is 1. The van der Waals surface area contributed by atoms with Gasteiger partial charge in [0.05, 0.1) is 5.56 Å². The smallest absolute Gasteiger partial charge is 0.172 e. The Morgan fingerprint density at radius 1 is 1.75 bits per heavy atom. The number of aromatic nitrogens is 1. The number of aryl methyl sites for hydroxylation is 1. The average molecular weight is 169 g/mol. The number of fused-ring (bicyclic) bond motifs is 1. The molecule has 0 saturated carbocycles. The summed E-state index contributed by atoms with van der Waals surface area (Å²) in [5, 5.41) is 3.47. The highest BCUT2D eigenvalue weighted by atomic mass is 19.1. The number of carbonyl (C=O) groups excluding carboxylic acids is 1. The molecule has 0 aromatic carbocycles. The van der Waals surface area contributed by atoms with E-state index in [1.807, 2.05) is 0 Å². The minimum atomic E-state index is -1.44. The molecule has 0 aliphatic heterocycles. The number of rotatable bonds is 1. The van der Waals surface area contributed by atoms with E-state index >= 15 is 0 Å². The monoisotopic (exact) mass is 169 g/mol. The maximum Gasteiger partial charge on any atom is 0.172 e. The fourth-order valence-electron chi connectivity index (χ4n) is 1.62. The number of carbonyl (C=O) groups is 1. The van der Waals surface area contributed by atoms with Gasteiger partial charge in [-0.15, -0.1) is 0 Å². The predicted molar refractivity (Wildman–Crippen MR) is 38.7 cm³/mol. The highest BCUT2D eigenvalue weighted by Crippen LogP contribution is 2.41. The number of aldehydes is 1. The van der Waals surface area contributed by atoms with E-state index < -0.39 is 5.67 Å². The van der Waals surface area contributed by atoms with Crippen LogP contribution < -0.4 is 0 Å². The summed E-state index contributed by atoms with van der Waals surface area (Å²) in [5.74, 6) is 0.516. The van der Waals surface area contributed by atoms with Gasteiger partial charge in [-0.1, -0.05) is 5.16 Å². The second kappa shape index (κ2) is 2.15. The molecular formula is C8H8FNO2. The molecule has 0 fully saturated rings. The van der Waals surface area contributed by atoms with Crippen LogP contribution in [0.25, 0.3) is 0 Å². The molecule has 0 bridgehead atoms. The minimum absolute atomic E-state index is 0.104. The maximum atomic E-state index is 13.6. The van der Waals surface area contributed by atoms with Crippen molar-refractivity contribution >= 4 is 6.29 Å². The van der Waals surface area contributed by atoms with Gasteiger partial charge >= 0.3 is 0 Å². The second-order valence-corrected chi connectivity index (χ2v) is 3.18.